The van der Waals surface area contributed by atoms with Crippen LogP contribution in [0.2, 0.25) is 0 Å². The number of carboxylic acid groups (broad SMARTS) is 1. The number of rotatable bonds is 4. The second-order valence-corrected chi connectivity index (χ2v) is 4.67. The Balaban J connectivity index is 3.31. The zero-order valence-corrected chi connectivity index (χ0v) is 11.1. The summed E-state index contributed by atoms with van der Waals surface area (Å²) in [7, 11) is 1.62. The smallest absolute Gasteiger partial charge is 0.311 e. The average molecular weight is 236 g/mol. The number of aliphatic carboxylic acids is 1. The molecule has 1 aromatic rings. The molecule has 1 aromatic carbocycles. The van der Waals surface area contributed by atoms with Gasteiger partial charge in [-0.05, 0) is 42.5 Å². The lowest BCUT2D eigenvalue weighted by Gasteiger charge is -2.21. The zero-order valence-electron chi connectivity index (χ0n) is 11.1. The molecule has 0 amide bonds. The molecular formula is C14H20O3. The van der Waals surface area contributed by atoms with E-state index in [-0.39, 0.29) is 5.92 Å². The number of ether oxygens (including phenoxy) is 1. The molecule has 0 aliphatic rings. The molecule has 0 heterocycles. The molecule has 94 valence electrons. The normalized spacial score (nSPS) is 12.6. The first-order chi connectivity index (χ1) is 7.90. The number of hydrogen-bond acceptors (Lipinski definition) is 2. The summed E-state index contributed by atoms with van der Waals surface area (Å²) in [5.41, 5.74) is 2.90. The standard InChI is InChI=1S/C14H20O3/c1-8(2)13(14(15)16)11-6-7-12(17-5)10(4)9(11)3/h6-8,13H,1-5H3,(H,15,16). The van der Waals surface area contributed by atoms with Gasteiger partial charge in [0, 0.05) is 0 Å². The van der Waals surface area contributed by atoms with Gasteiger partial charge in [-0.3, -0.25) is 4.79 Å². The molecule has 3 nitrogen and oxygen atoms in total. The zero-order chi connectivity index (χ0) is 13.2. The Kier molecular flexibility index (Phi) is 4.16. The van der Waals surface area contributed by atoms with E-state index >= 15 is 0 Å². The second-order valence-electron chi connectivity index (χ2n) is 4.67. The quantitative estimate of drug-likeness (QED) is 0.873. The van der Waals surface area contributed by atoms with Gasteiger partial charge in [-0.15, -0.1) is 0 Å². The van der Waals surface area contributed by atoms with Gasteiger partial charge in [-0.2, -0.15) is 0 Å². The van der Waals surface area contributed by atoms with Gasteiger partial charge in [-0.1, -0.05) is 19.9 Å². The molecule has 0 aliphatic heterocycles. The highest BCUT2D eigenvalue weighted by molar-refractivity contribution is 5.77. The van der Waals surface area contributed by atoms with Gasteiger partial charge in [0.15, 0.2) is 0 Å². The van der Waals surface area contributed by atoms with Crippen LogP contribution in [-0.2, 0) is 4.79 Å². The highest BCUT2D eigenvalue weighted by Crippen LogP contribution is 2.32. The van der Waals surface area contributed by atoms with Gasteiger partial charge in [0.25, 0.3) is 0 Å². The summed E-state index contributed by atoms with van der Waals surface area (Å²) < 4.78 is 5.23. The predicted molar refractivity (Wildman–Crippen MR) is 67.7 cm³/mol. The summed E-state index contributed by atoms with van der Waals surface area (Å²) in [6.07, 6.45) is 0. The van der Waals surface area contributed by atoms with Gasteiger partial charge >= 0.3 is 5.97 Å². The van der Waals surface area contributed by atoms with E-state index in [4.69, 9.17) is 4.74 Å². The summed E-state index contributed by atoms with van der Waals surface area (Å²) in [5.74, 6) is -0.356. The van der Waals surface area contributed by atoms with Crippen LogP contribution in [0, 0.1) is 19.8 Å². The molecule has 1 atom stereocenters. The highest BCUT2D eigenvalue weighted by atomic mass is 16.5. The van der Waals surface area contributed by atoms with E-state index in [1.807, 2.05) is 39.8 Å². The van der Waals surface area contributed by atoms with E-state index in [1.165, 1.54) is 0 Å². The Morgan fingerprint density at radius 1 is 1.24 bits per heavy atom. The third kappa shape index (κ3) is 2.60. The molecule has 0 fully saturated rings. The Labute approximate surface area is 102 Å². The molecule has 3 heteroatoms. The fraction of sp³-hybridized carbons (Fsp3) is 0.500. The van der Waals surface area contributed by atoms with Gasteiger partial charge in [0.2, 0.25) is 0 Å². The maximum atomic E-state index is 11.3. The summed E-state index contributed by atoms with van der Waals surface area (Å²) in [6.45, 7) is 7.76. The van der Waals surface area contributed by atoms with E-state index < -0.39 is 11.9 Å². The predicted octanol–water partition coefficient (Wildman–Crippen LogP) is 3.14. The van der Waals surface area contributed by atoms with Crippen LogP contribution in [0.1, 0.15) is 36.5 Å². The van der Waals surface area contributed by atoms with Crippen LogP contribution in [0.15, 0.2) is 12.1 Å². The lowest BCUT2D eigenvalue weighted by molar-refractivity contribution is -0.139. The van der Waals surface area contributed by atoms with E-state index in [2.05, 4.69) is 0 Å². The third-order valence-electron chi connectivity index (χ3n) is 3.27. The Hall–Kier alpha value is -1.51. The van der Waals surface area contributed by atoms with Crippen LogP contribution in [0.3, 0.4) is 0 Å². The minimum atomic E-state index is -0.771. The highest BCUT2D eigenvalue weighted by Gasteiger charge is 2.26. The summed E-state index contributed by atoms with van der Waals surface area (Å²) in [6, 6.07) is 3.70. The first-order valence-electron chi connectivity index (χ1n) is 5.77. The average Bonchev–Trinajstić information content (AvgIpc) is 2.24. The Morgan fingerprint density at radius 2 is 1.82 bits per heavy atom. The van der Waals surface area contributed by atoms with Crippen molar-refractivity contribution in [1.29, 1.82) is 0 Å². The largest absolute Gasteiger partial charge is 0.496 e. The first kappa shape index (κ1) is 13.6. The molecule has 0 radical (unpaired) electrons. The summed E-state index contributed by atoms with van der Waals surface area (Å²) in [5, 5.41) is 9.31. The molecule has 1 unspecified atom stereocenters. The number of carboxylic acids is 1. The monoisotopic (exact) mass is 236 g/mol. The van der Waals surface area contributed by atoms with Crippen molar-refractivity contribution in [3.05, 3.63) is 28.8 Å². The lowest BCUT2D eigenvalue weighted by Crippen LogP contribution is -2.19. The van der Waals surface area contributed by atoms with Crippen LogP contribution < -0.4 is 4.74 Å². The van der Waals surface area contributed by atoms with E-state index in [1.54, 1.807) is 7.11 Å². The molecule has 0 bridgehead atoms. The van der Waals surface area contributed by atoms with Crippen LogP contribution >= 0.6 is 0 Å². The first-order valence-corrected chi connectivity index (χ1v) is 5.77. The van der Waals surface area contributed by atoms with Crippen molar-refractivity contribution in [3.8, 4) is 5.75 Å². The van der Waals surface area contributed by atoms with Crippen LogP contribution in [0.25, 0.3) is 0 Å². The van der Waals surface area contributed by atoms with Crippen molar-refractivity contribution in [2.75, 3.05) is 7.11 Å². The van der Waals surface area contributed by atoms with Crippen LogP contribution in [0.4, 0.5) is 0 Å². The Bertz CT molecular complexity index is 422. The molecule has 0 aliphatic carbocycles. The third-order valence-corrected chi connectivity index (χ3v) is 3.27. The Morgan fingerprint density at radius 3 is 2.24 bits per heavy atom. The van der Waals surface area contributed by atoms with Crippen LogP contribution in [-0.4, -0.2) is 18.2 Å². The fourth-order valence-corrected chi connectivity index (χ4v) is 2.15. The van der Waals surface area contributed by atoms with Crippen molar-refractivity contribution >= 4 is 5.97 Å². The number of carbonyl (C=O) groups is 1. The van der Waals surface area contributed by atoms with Crippen molar-refractivity contribution in [1.82, 2.24) is 0 Å². The number of methoxy groups -OCH3 is 1. The summed E-state index contributed by atoms with van der Waals surface area (Å²) in [4.78, 5) is 11.3. The fourth-order valence-electron chi connectivity index (χ4n) is 2.15. The molecule has 0 saturated heterocycles. The van der Waals surface area contributed by atoms with Crippen molar-refractivity contribution in [2.24, 2.45) is 5.92 Å². The van der Waals surface area contributed by atoms with Gasteiger partial charge in [0.1, 0.15) is 5.75 Å². The lowest BCUT2D eigenvalue weighted by atomic mass is 9.84. The van der Waals surface area contributed by atoms with Crippen molar-refractivity contribution in [2.45, 2.75) is 33.6 Å². The van der Waals surface area contributed by atoms with Gasteiger partial charge in [-0.25, -0.2) is 0 Å². The number of hydrogen-bond donors (Lipinski definition) is 1. The van der Waals surface area contributed by atoms with Crippen LogP contribution in [0.5, 0.6) is 5.75 Å². The minimum Gasteiger partial charge on any atom is -0.496 e. The maximum Gasteiger partial charge on any atom is 0.311 e. The second kappa shape index (κ2) is 5.21. The van der Waals surface area contributed by atoms with Gasteiger partial charge in [0.05, 0.1) is 13.0 Å². The van der Waals surface area contributed by atoms with E-state index in [0.29, 0.717) is 0 Å². The topological polar surface area (TPSA) is 46.5 Å². The van der Waals surface area contributed by atoms with E-state index in [9.17, 15) is 9.90 Å². The van der Waals surface area contributed by atoms with Crippen molar-refractivity contribution < 1.29 is 14.6 Å². The minimum absolute atomic E-state index is 0.0685. The number of benzene rings is 1. The maximum absolute atomic E-state index is 11.3. The summed E-state index contributed by atoms with van der Waals surface area (Å²) >= 11 is 0. The molecule has 0 saturated carbocycles. The molecule has 0 spiro atoms. The molecule has 17 heavy (non-hydrogen) atoms. The van der Waals surface area contributed by atoms with E-state index in [0.717, 1.165) is 22.4 Å². The van der Waals surface area contributed by atoms with Gasteiger partial charge < -0.3 is 9.84 Å². The SMILES string of the molecule is COc1ccc(C(C(=O)O)C(C)C)c(C)c1C. The molecule has 1 N–H and O–H groups in total. The molecule has 1 rings (SSSR count). The molecular weight excluding hydrogens is 216 g/mol. The molecule has 0 aromatic heterocycles. The van der Waals surface area contributed by atoms with Crippen molar-refractivity contribution in [3.63, 3.8) is 0 Å².